The van der Waals surface area contributed by atoms with Crippen LogP contribution in [0.3, 0.4) is 0 Å². The van der Waals surface area contributed by atoms with E-state index < -0.39 is 34.9 Å². The van der Waals surface area contributed by atoms with Crippen LogP contribution >= 0.6 is 0 Å². The largest absolute Gasteiger partial charge is 0.466 e. The predicted octanol–water partition coefficient (Wildman–Crippen LogP) is 5.63. The van der Waals surface area contributed by atoms with Gasteiger partial charge in [0, 0.05) is 17.8 Å². The maximum Gasteiger partial charge on any atom is 0.305 e. The number of rotatable bonds is 15. The minimum Gasteiger partial charge on any atom is -0.466 e. The summed E-state index contributed by atoms with van der Waals surface area (Å²) < 4.78 is 34.4. The predicted molar refractivity (Wildman–Crippen MR) is 113 cm³/mol. The summed E-state index contributed by atoms with van der Waals surface area (Å²) in [6.07, 6.45) is 8.06. The fraction of sp³-hybridized carbons (Fsp3) is 0.958. The van der Waals surface area contributed by atoms with Gasteiger partial charge >= 0.3 is 5.97 Å². The fourth-order valence-corrected chi connectivity index (χ4v) is 5.72. The van der Waals surface area contributed by atoms with Gasteiger partial charge in [-0.25, -0.2) is 8.78 Å². The van der Waals surface area contributed by atoms with E-state index >= 15 is 0 Å². The summed E-state index contributed by atoms with van der Waals surface area (Å²) in [7, 11) is 0. The highest BCUT2D eigenvalue weighted by molar-refractivity contribution is 5.69. The standard InChI is InChI=1S/C24H42F2O4/c1-4-6-11-14-22(3,29)15-16-23-18(19(27)17-20(23)24(23,25)26)12-9-7-8-10-13-21(28)30-5-2/h18-20,27,29H,4-17H2,1-3H3/t18-,19-,20+,22?,23-/m0/s1. The number of carbonyl (C=O) groups is 1. The Kier molecular flexibility index (Phi) is 9.11. The van der Waals surface area contributed by atoms with Gasteiger partial charge in [-0.2, -0.15) is 0 Å². The summed E-state index contributed by atoms with van der Waals surface area (Å²) in [5.41, 5.74) is -2.05. The van der Waals surface area contributed by atoms with Crippen LogP contribution in [0.1, 0.15) is 104 Å². The van der Waals surface area contributed by atoms with Gasteiger partial charge in [0.15, 0.2) is 0 Å². The van der Waals surface area contributed by atoms with Gasteiger partial charge in [0.05, 0.1) is 18.3 Å². The number of alkyl halides is 2. The number of esters is 1. The molecule has 0 aromatic heterocycles. The van der Waals surface area contributed by atoms with Gasteiger partial charge in [-0.15, -0.1) is 0 Å². The van der Waals surface area contributed by atoms with E-state index in [1.54, 1.807) is 13.8 Å². The zero-order chi connectivity index (χ0) is 22.4. The van der Waals surface area contributed by atoms with Crippen LogP contribution in [0, 0.1) is 17.3 Å². The third kappa shape index (κ3) is 5.73. The fourth-order valence-electron chi connectivity index (χ4n) is 5.72. The molecule has 2 aliphatic carbocycles. The van der Waals surface area contributed by atoms with Crippen LogP contribution < -0.4 is 0 Å². The highest BCUT2D eigenvalue weighted by Crippen LogP contribution is 2.78. The molecule has 0 saturated heterocycles. The zero-order valence-corrected chi connectivity index (χ0v) is 19.1. The van der Waals surface area contributed by atoms with Crippen molar-refractivity contribution in [1.29, 1.82) is 0 Å². The van der Waals surface area contributed by atoms with E-state index in [1.165, 1.54) is 0 Å². The van der Waals surface area contributed by atoms with Gasteiger partial charge in [0.1, 0.15) is 0 Å². The van der Waals surface area contributed by atoms with Gasteiger partial charge in [-0.1, -0.05) is 45.4 Å². The Labute approximate surface area is 180 Å². The molecule has 0 spiro atoms. The molecular weight excluding hydrogens is 390 g/mol. The summed E-state index contributed by atoms with van der Waals surface area (Å²) in [6.45, 7) is 6.04. The summed E-state index contributed by atoms with van der Waals surface area (Å²) in [5, 5.41) is 21.1. The highest BCUT2D eigenvalue weighted by atomic mass is 19.3. The van der Waals surface area contributed by atoms with E-state index in [4.69, 9.17) is 4.74 Å². The van der Waals surface area contributed by atoms with E-state index in [0.29, 0.717) is 32.3 Å². The van der Waals surface area contributed by atoms with Crippen molar-refractivity contribution in [2.24, 2.45) is 17.3 Å². The number of ether oxygens (including phenoxy) is 1. The first kappa shape index (κ1) is 25.5. The maximum atomic E-state index is 14.7. The molecule has 2 fully saturated rings. The molecule has 2 rings (SSSR count). The SMILES string of the molecule is CCCCCC(C)(O)CC[C@]12[C@@H](CCCCCCC(=O)OCC)[C@@H](O)C[C@H]1C2(F)F. The van der Waals surface area contributed by atoms with Crippen molar-refractivity contribution in [3.8, 4) is 0 Å². The van der Waals surface area contributed by atoms with E-state index in [1.807, 2.05) is 0 Å². The summed E-state index contributed by atoms with van der Waals surface area (Å²) in [6, 6.07) is 0. The van der Waals surface area contributed by atoms with Crippen molar-refractivity contribution >= 4 is 5.97 Å². The van der Waals surface area contributed by atoms with Gasteiger partial charge < -0.3 is 14.9 Å². The average molecular weight is 433 g/mol. The average Bonchev–Trinajstić information content (AvgIpc) is 2.96. The normalized spacial score (nSPS) is 31.2. The molecule has 0 aromatic carbocycles. The lowest BCUT2D eigenvalue weighted by Crippen LogP contribution is -2.33. The number of carbonyl (C=O) groups excluding carboxylic acids is 1. The van der Waals surface area contributed by atoms with E-state index in [-0.39, 0.29) is 18.8 Å². The molecule has 2 N–H and O–H groups in total. The van der Waals surface area contributed by atoms with Crippen LogP contribution in [-0.2, 0) is 9.53 Å². The van der Waals surface area contributed by atoms with Gasteiger partial charge in [0.25, 0.3) is 5.92 Å². The molecule has 0 bridgehead atoms. The molecular formula is C24H42F2O4. The van der Waals surface area contributed by atoms with Crippen LogP contribution in [0.2, 0.25) is 0 Å². The van der Waals surface area contributed by atoms with Gasteiger partial charge in [-0.3, -0.25) is 4.79 Å². The summed E-state index contributed by atoms with van der Waals surface area (Å²) in [5.74, 6) is -4.04. The molecule has 5 atom stereocenters. The Morgan fingerprint density at radius 2 is 1.80 bits per heavy atom. The Morgan fingerprint density at radius 1 is 1.10 bits per heavy atom. The van der Waals surface area contributed by atoms with Crippen molar-refractivity contribution in [1.82, 2.24) is 0 Å². The quantitative estimate of drug-likeness (QED) is 0.260. The second-order valence-electron chi connectivity index (χ2n) is 9.84. The lowest BCUT2D eigenvalue weighted by Gasteiger charge is -2.31. The summed E-state index contributed by atoms with van der Waals surface area (Å²) >= 11 is 0. The van der Waals surface area contributed by atoms with Crippen LogP contribution in [0.25, 0.3) is 0 Å². The lowest BCUT2D eigenvalue weighted by molar-refractivity contribution is -0.143. The van der Waals surface area contributed by atoms with Gasteiger partial charge in [0.2, 0.25) is 0 Å². The number of aliphatic hydroxyl groups excluding tert-OH is 1. The minimum atomic E-state index is -2.72. The van der Waals surface area contributed by atoms with E-state index in [9.17, 15) is 23.8 Å². The lowest BCUT2D eigenvalue weighted by atomic mass is 9.78. The smallest absolute Gasteiger partial charge is 0.305 e. The van der Waals surface area contributed by atoms with Crippen LogP contribution in [0.15, 0.2) is 0 Å². The Bertz CT molecular complexity index is 551. The third-order valence-corrected chi connectivity index (χ3v) is 7.55. The molecule has 0 aliphatic heterocycles. The van der Waals surface area contributed by atoms with Gasteiger partial charge in [-0.05, 0) is 58.3 Å². The molecule has 0 amide bonds. The number of halogens is 2. The molecule has 0 radical (unpaired) electrons. The Morgan fingerprint density at radius 3 is 2.47 bits per heavy atom. The van der Waals surface area contributed by atoms with E-state index in [2.05, 4.69) is 6.92 Å². The van der Waals surface area contributed by atoms with Crippen molar-refractivity contribution < 1.29 is 28.5 Å². The second-order valence-corrected chi connectivity index (χ2v) is 9.84. The Hall–Kier alpha value is -0.750. The molecule has 2 saturated carbocycles. The Balaban J connectivity index is 1.83. The minimum absolute atomic E-state index is 0.179. The number of fused-ring (bicyclic) bond motifs is 1. The van der Waals surface area contributed by atoms with Crippen LogP contribution in [-0.4, -0.2) is 40.4 Å². The third-order valence-electron chi connectivity index (χ3n) is 7.55. The molecule has 176 valence electrons. The molecule has 1 unspecified atom stereocenters. The molecule has 6 heteroatoms. The first-order chi connectivity index (χ1) is 14.1. The molecule has 2 aliphatic rings. The molecule has 0 aromatic rings. The first-order valence-electron chi connectivity index (χ1n) is 12.1. The number of aliphatic hydroxyl groups is 2. The number of unbranched alkanes of at least 4 members (excludes halogenated alkanes) is 5. The number of hydrogen-bond donors (Lipinski definition) is 2. The molecule has 4 nitrogen and oxygen atoms in total. The van der Waals surface area contributed by atoms with Crippen molar-refractivity contribution in [2.75, 3.05) is 6.61 Å². The topological polar surface area (TPSA) is 66.8 Å². The first-order valence-corrected chi connectivity index (χ1v) is 12.1. The van der Waals surface area contributed by atoms with Crippen molar-refractivity contribution in [3.05, 3.63) is 0 Å². The van der Waals surface area contributed by atoms with Crippen molar-refractivity contribution in [2.45, 2.75) is 122 Å². The van der Waals surface area contributed by atoms with Crippen LogP contribution in [0.5, 0.6) is 0 Å². The maximum absolute atomic E-state index is 14.7. The monoisotopic (exact) mass is 432 g/mol. The highest BCUT2D eigenvalue weighted by Gasteiger charge is 2.85. The molecule has 30 heavy (non-hydrogen) atoms. The summed E-state index contributed by atoms with van der Waals surface area (Å²) in [4.78, 5) is 11.4. The van der Waals surface area contributed by atoms with Crippen LogP contribution in [0.4, 0.5) is 8.78 Å². The molecule has 0 heterocycles. The zero-order valence-electron chi connectivity index (χ0n) is 19.1. The number of hydrogen-bond acceptors (Lipinski definition) is 4. The van der Waals surface area contributed by atoms with Crippen molar-refractivity contribution in [3.63, 3.8) is 0 Å². The van der Waals surface area contributed by atoms with E-state index in [0.717, 1.165) is 44.9 Å². The second kappa shape index (κ2) is 10.7.